The fourth-order valence-electron chi connectivity index (χ4n) is 1.94. The molecule has 1 rings (SSSR count). The summed E-state index contributed by atoms with van der Waals surface area (Å²) < 4.78 is 42.4. The van der Waals surface area contributed by atoms with E-state index in [9.17, 15) is 13.2 Å². The lowest BCUT2D eigenvalue weighted by Gasteiger charge is -2.15. The zero-order valence-corrected chi connectivity index (χ0v) is 14.6. The van der Waals surface area contributed by atoms with Crippen molar-refractivity contribution in [3.8, 4) is 5.75 Å². The van der Waals surface area contributed by atoms with Crippen LogP contribution in [0.5, 0.6) is 5.75 Å². The Bertz CT molecular complexity index is 629. The molecule has 0 heterocycles. The molecule has 1 atom stereocenters. The first-order chi connectivity index (χ1) is 10.9. The Balaban J connectivity index is 3.17. The molecular weight excluding hydrogens is 322 g/mol. The first-order valence-corrected chi connectivity index (χ1v) is 8.79. The van der Waals surface area contributed by atoms with E-state index in [4.69, 9.17) is 14.2 Å². The molecule has 0 aliphatic heterocycles. The lowest BCUT2D eigenvalue weighted by molar-refractivity contribution is 0.0521. The van der Waals surface area contributed by atoms with Crippen LogP contribution in [0.15, 0.2) is 23.1 Å². The summed E-state index contributed by atoms with van der Waals surface area (Å²) in [5, 5.41) is 0. The average molecular weight is 345 g/mol. The van der Waals surface area contributed by atoms with Gasteiger partial charge in [0.25, 0.3) is 0 Å². The van der Waals surface area contributed by atoms with E-state index in [0.29, 0.717) is 6.61 Å². The largest absolute Gasteiger partial charge is 0.493 e. The zero-order chi connectivity index (χ0) is 17.5. The van der Waals surface area contributed by atoms with Gasteiger partial charge in [-0.2, -0.15) is 0 Å². The van der Waals surface area contributed by atoms with Crippen LogP contribution in [-0.2, 0) is 19.5 Å². The summed E-state index contributed by atoms with van der Waals surface area (Å²) in [5.74, 6) is -0.340. The lowest BCUT2D eigenvalue weighted by atomic mass is 10.2. The van der Waals surface area contributed by atoms with Crippen LogP contribution in [0.3, 0.4) is 0 Å². The Morgan fingerprint density at radius 1 is 1.26 bits per heavy atom. The van der Waals surface area contributed by atoms with Crippen LogP contribution >= 0.6 is 0 Å². The third-order valence-corrected chi connectivity index (χ3v) is 4.42. The first-order valence-electron chi connectivity index (χ1n) is 7.30. The number of hydrogen-bond donors (Lipinski definition) is 1. The number of benzene rings is 1. The van der Waals surface area contributed by atoms with Gasteiger partial charge < -0.3 is 14.2 Å². The molecule has 1 aromatic rings. The van der Waals surface area contributed by atoms with Gasteiger partial charge in [0.15, 0.2) is 0 Å². The van der Waals surface area contributed by atoms with Crippen molar-refractivity contribution in [1.82, 2.24) is 4.72 Å². The van der Waals surface area contributed by atoms with Crippen molar-refractivity contribution in [2.45, 2.75) is 31.7 Å². The van der Waals surface area contributed by atoms with Gasteiger partial charge in [0.1, 0.15) is 11.3 Å². The SMILES string of the molecule is CCOC(=O)c1cc(S(=O)(=O)NC(C)COC)ccc1OCC. The second-order valence-electron chi connectivity index (χ2n) is 4.79. The number of esters is 1. The second-order valence-corrected chi connectivity index (χ2v) is 6.50. The van der Waals surface area contributed by atoms with Crippen LogP contribution in [0, 0.1) is 0 Å². The topological polar surface area (TPSA) is 90.9 Å². The Morgan fingerprint density at radius 2 is 1.96 bits per heavy atom. The Hall–Kier alpha value is -1.64. The highest BCUT2D eigenvalue weighted by molar-refractivity contribution is 7.89. The fourth-order valence-corrected chi connectivity index (χ4v) is 3.20. The minimum atomic E-state index is -3.78. The van der Waals surface area contributed by atoms with Gasteiger partial charge in [0.2, 0.25) is 10.0 Å². The molecular formula is C15H23NO6S. The smallest absolute Gasteiger partial charge is 0.341 e. The summed E-state index contributed by atoms with van der Waals surface area (Å²) >= 11 is 0. The molecule has 0 spiro atoms. The number of methoxy groups -OCH3 is 1. The first kappa shape index (κ1) is 19.4. The molecule has 1 unspecified atom stereocenters. The molecule has 23 heavy (non-hydrogen) atoms. The van der Waals surface area contributed by atoms with E-state index in [0.717, 1.165) is 0 Å². The fraction of sp³-hybridized carbons (Fsp3) is 0.533. The van der Waals surface area contributed by atoms with Gasteiger partial charge in [-0.1, -0.05) is 0 Å². The third-order valence-electron chi connectivity index (χ3n) is 2.83. The highest BCUT2D eigenvalue weighted by Crippen LogP contribution is 2.24. The van der Waals surface area contributed by atoms with E-state index in [2.05, 4.69) is 4.72 Å². The normalized spacial score (nSPS) is 12.7. The van der Waals surface area contributed by atoms with Crippen LogP contribution in [0.1, 0.15) is 31.1 Å². The number of hydrogen-bond acceptors (Lipinski definition) is 6. The predicted molar refractivity (Wildman–Crippen MR) is 85.2 cm³/mol. The molecule has 0 aliphatic rings. The molecule has 0 aromatic heterocycles. The van der Waals surface area contributed by atoms with E-state index in [-0.39, 0.29) is 29.4 Å². The van der Waals surface area contributed by atoms with Gasteiger partial charge in [-0.15, -0.1) is 0 Å². The molecule has 130 valence electrons. The van der Waals surface area contributed by atoms with E-state index in [1.165, 1.54) is 25.3 Å². The molecule has 0 aliphatic carbocycles. The van der Waals surface area contributed by atoms with Crippen LogP contribution in [0.2, 0.25) is 0 Å². The summed E-state index contributed by atoms with van der Waals surface area (Å²) in [5.41, 5.74) is 0.0796. The van der Waals surface area contributed by atoms with Crippen LogP contribution < -0.4 is 9.46 Å². The lowest BCUT2D eigenvalue weighted by Crippen LogP contribution is -2.35. The Kier molecular flexibility index (Phi) is 7.47. The summed E-state index contributed by atoms with van der Waals surface area (Å²) in [4.78, 5) is 12.0. The van der Waals surface area contributed by atoms with Crippen molar-refractivity contribution in [1.29, 1.82) is 0 Å². The van der Waals surface area contributed by atoms with Crippen molar-refractivity contribution >= 4 is 16.0 Å². The number of ether oxygens (including phenoxy) is 3. The van der Waals surface area contributed by atoms with Gasteiger partial charge in [-0.3, -0.25) is 0 Å². The highest BCUT2D eigenvalue weighted by Gasteiger charge is 2.22. The summed E-state index contributed by atoms with van der Waals surface area (Å²) in [6.07, 6.45) is 0. The molecule has 0 amide bonds. The minimum absolute atomic E-state index is 0.0352. The second kappa shape index (κ2) is 8.85. The summed E-state index contributed by atoms with van der Waals surface area (Å²) in [6, 6.07) is 3.69. The summed E-state index contributed by atoms with van der Waals surface area (Å²) in [7, 11) is -2.29. The highest BCUT2D eigenvalue weighted by atomic mass is 32.2. The van der Waals surface area contributed by atoms with Crippen LogP contribution in [0.4, 0.5) is 0 Å². The van der Waals surface area contributed by atoms with Crippen molar-refractivity contribution < 1.29 is 27.4 Å². The maximum absolute atomic E-state index is 12.4. The minimum Gasteiger partial charge on any atom is -0.493 e. The van der Waals surface area contributed by atoms with Gasteiger partial charge in [-0.05, 0) is 39.0 Å². The molecule has 0 fully saturated rings. The molecule has 0 saturated heterocycles. The van der Waals surface area contributed by atoms with Crippen LogP contribution in [0.25, 0.3) is 0 Å². The predicted octanol–water partition coefficient (Wildman–Crippen LogP) is 1.58. The molecule has 1 aromatic carbocycles. The zero-order valence-electron chi connectivity index (χ0n) is 13.8. The Morgan fingerprint density at radius 3 is 2.52 bits per heavy atom. The molecule has 1 N–H and O–H groups in total. The van der Waals surface area contributed by atoms with Gasteiger partial charge in [0.05, 0.1) is 24.7 Å². The van der Waals surface area contributed by atoms with E-state index in [1.54, 1.807) is 20.8 Å². The molecule has 0 radical (unpaired) electrons. The standard InChI is InChI=1S/C15H23NO6S/c1-5-21-14-8-7-12(9-13(14)15(17)22-6-2)23(18,19)16-11(3)10-20-4/h7-9,11,16H,5-6,10H2,1-4H3. The number of carbonyl (C=O) groups is 1. The number of carbonyl (C=O) groups excluding carboxylic acids is 1. The van der Waals surface area contributed by atoms with Crippen LogP contribution in [-0.4, -0.2) is 47.4 Å². The number of sulfonamides is 1. The number of nitrogens with one attached hydrogen (secondary N) is 1. The van der Waals surface area contributed by atoms with Crippen molar-refractivity contribution in [3.63, 3.8) is 0 Å². The van der Waals surface area contributed by atoms with E-state index >= 15 is 0 Å². The molecule has 7 nitrogen and oxygen atoms in total. The van der Waals surface area contributed by atoms with E-state index < -0.39 is 22.0 Å². The summed E-state index contributed by atoms with van der Waals surface area (Å²) in [6.45, 7) is 5.90. The monoisotopic (exact) mass is 345 g/mol. The molecule has 8 heteroatoms. The quantitative estimate of drug-likeness (QED) is 0.683. The van der Waals surface area contributed by atoms with E-state index in [1.807, 2.05) is 0 Å². The maximum atomic E-state index is 12.4. The maximum Gasteiger partial charge on any atom is 0.341 e. The number of rotatable bonds is 9. The molecule has 0 saturated carbocycles. The molecule has 0 bridgehead atoms. The van der Waals surface area contributed by atoms with Crippen molar-refractivity contribution in [2.24, 2.45) is 0 Å². The average Bonchev–Trinajstić information content (AvgIpc) is 2.47. The van der Waals surface area contributed by atoms with Crippen molar-refractivity contribution in [2.75, 3.05) is 26.9 Å². The van der Waals surface area contributed by atoms with Gasteiger partial charge in [-0.25, -0.2) is 17.9 Å². The van der Waals surface area contributed by atoms with Crippen molar-refractivity contribution in [3.05, 3.63) is 23.8 Å². The third kappa shape index (κ3) is 5.49. The van der Waals surface area contributed by atoms with Gasteiger partial charge in [0, 0.05) is 13.2 Å². The Labute approximate surface area is 137 Å². The van der Waals surface area contributed by atoms with Gasteiger partial charge >= 0.3 is 5.97 Å².